The largest absolute Gasteiger partial charge is 0.508 e. The van der Waals surface area contributed by atoms with Crippen LogP contribution in [0.2, 0.25) is 0 Å². The molecule has 1 saturated carbocycles. The standard InChI is InChI=1S/C27H20BrCl2IN2O5/c28-12-32-24(37)26(29)11-19-17(21(27(26,30)25(32)38)13-1-7-16(34)8-2-13)9-10-18-20(19)23(36)33(22(18)35)15-5-3-14(31)4-6-15/h1-9,18-21,34H,10-12H2/t18-,19+,20-,21-,26+,27-/m0/s1. The number of imide groups is 2. The average molecular weight is 730 g/mol. The Morgan fingerprint density at radius 2 is 1.61 bits per heavy atom. The molecule has 2 aromatic carbocycles. The molecule has 11 heteroatoms. The molecule has 196 valence electrons. The molecule has 6 rings (SSSR count). The third kappa shape index (κ3) is 3.37. The van der Waals surface area contributed by atoms with Gasteiger partial charge >= 0.3 is 0 Å². The quantitative estimate of drug-likeness (QED) is 0.159. The van der Waals surface area contributed by atoms with E-state index in [-0.39, 0.29) is 29.4 Å². The van der Waals surface area contributed by atoms with Crippen LogP contribution in [0.25, 0.3) is 0 Å². The molecular weight excluding hydrogens is 710 g/mol. The van der Waals surface area contributed by atoms with Crippen molar-refractivity contribution < 1.29 is 24.3 Å². The third-order valence-electron chi connectivity index (χ3n) is 8.33. The van der Waals surface area contributed by atoms with Crippen LogP contribution in [0.15, 0.2) is 60.2 Å². The maximum Gasteiger partial charge on any atom is 0.254 e. The van der Waals surface area contributed by atoms with Crippen LogP contribution in [0.3, 0.4) is 0 Å². The highest BCUT2D eigenvalue weighted by Crippen LogP contribution is 2.65. The number of alkyl halides is 3. The fraction of sp³-hybridized carbons (Fsp3) is 0.333. The van der Waals surface area contributed by atoms with Crippen molar-refractivity contribution in [3.63, 3.8) is 0 Å². The van der Waals surface area contributed by atoms with Crippen LogP contribution in [-0.2, 0) is 19.2 Å². The van der Waals surface area contributed by atoms with Crippen molar-refractivity contribution in [2.75, 3.05) is 10.4 Å². The number of nitrogens with zero attached hydrogens (tertiary/aromatic N) is 2. The number of aromatic hydroxyl groups is 1. The summed E-state index contributed by atoms with van der Waals surface area (Å²) in [6.45, 7) is 0. The lowest BCUT2D eigenvalue weighted by Crippen LogP contribution is -2.60. The molecule has 2 aliphatic heterocycles. The summed E-state index contributed by atoms with van der Waals surface area (Å²) in [5.74, 6) is -4.67. The number of rotatable bonds is 3. The number of allylic oxidation sites excluding steroid dienone is 2. The van der Waals surface area contributed by atoms with Gasteiger partial charge in [-0.25, -0.2) is 0 Å². The summed E-state index contributed by atoms with van der Waals surface area (Å²) in [5.41, 5.74) is 1.71. The predicted molar refractivity (Wildman–Crippen MR) is 153 cm³/mol. The van der Waals surface area contributed by atoms with Gasteiger partial charge in [-0.05, 0) is 83.3 Å². The molecular formula is C27H20BrCl2IN2O5. The molecule has 4 aliphatic rings. The number of amides is 4. The molecule has 2 aliphatic carbocycles. The summed E-state index contributed by atoms with van der Waals surface area (Å²) in [6, 6.07) is 13.4. The molecule has 38 heavy (non-hydrogen) atoms. The van der Waals surface area contributed by atoms with Crippen molar-refractivity contribution in [1.82, 2.24) is 4.90 Å². The summed E-state index contributed by atoms with van der Waals surface area (Å²) in [7, 11) is 0. The molecule has 0 bridgehead atoms. The number of carbonyl (C=O) groups is 4. The van der Waals surface area contributed by atoms with Crippen LogP contribution in [0, 0.1) is 21.3 Å². The second-order valence-corrected chi connectivity index (χ2v) is 13.1. The lowest BCUT2D eigenvalue weighted by molar-refractivity contribution is -0.138. The van der Waals surface area contributed by atoms with E-state index >= 15 is 0 Å². The van der Waals surface area contributed by atoms with E-state index in [1.54, 1.807) is 24.3 Å². The zero-order valence-electron chi connectivity index (χ0n) is 19.6. The maximum atomic E-state index is 13.9. The molecule has 0 unspecified atom stereocenters. The smallest absolute Gasteiger partial charge is 0.254 e. The van der Waals surface area contributed by atoms with Crippen LogP contribution >= 0.6 is 61.7 Å². The van der Waals surface area contributed by atoms with Gasteiger partial charge in [0.1, 0.15) is 5.75 Å². The Bertz CT molecular complexity index is 1430. The average Bonchev–Trinajstić information content (AvgIpc) is 3.23. The minimum absolute atomic E-state index is 0.0280. The van der Waals surface area contributed by atoms with Crippen molar-refractivity contribution in [3.05, 3.63) is 69.3 Å². The molecule has 2 saturated heterocycles. The second-order valence-electron chi connectivity index (χ2n) is 10.1. The monoisotopic (exact) mass is 728 g/mol. The zero-order valence-corrected chi connectivity index (χ0v) is 24.9. The third-order valence-corrected chi connectivity index (χ3v) is 11.0. The fourth-order valence-electron chi connectivity index (χ4n) is 6.64. The van der Waals surface area contributed by atoms with Crippen molar-refractivity contribution in [1.29, 1.82) is 0 Å². The molecule has 4 amide bonds. The Hall–Kier alpha value is -1.95. The van der Waals surface area contributed by atoms with E-state index in [1.165, 1.54) is 17.0 Å². The van der Waals surface area contributed by atoms with E-state index in [9.17, 15) is 24.3 Å². The first-order valence-corrected chi connectivity index (χ1v) is 14.9. The highest BCUT2D eigenvalue weighted by Gasteiger charge is 2.76. The second kappa shape index (κ2) is 9.04. The van der Waals surface area contributed by atoms with E-state index in [1.807, 2.05) is 18.2 Å². The van der Waals surface area contributed by atoms with E-state index in [4.69, 9.17) is 23.2 Å². The predicted octanol–water partition coefficient (Wildman–Crippen LogP) is 4.91. The SMILES string of the molecule is O=C1[C@H]2[C@H](CC=C3[C@H]2C[C@@]2(Cl)C(=O)N(CBr)C(=O)[C@@]2(Cl)[C@H]3c2ccc(O)cc2)C(=O)N1c1ccc(I)cc1. The first-order valence-electron chi connectivity index (χ1n) is 12.0. The number of likely N-dealkylation sites (tertiary alicyclic amines) is 1. The maximum absolute atomic E-state index is 13.9. The van der Waals surface area contributed by atoms with Gasteiger partial charge in [0.15, 0.2) is 9.75 Å². The number of hydrogen-bond acceptors (Lipinski definition) is 5. The van der Waals surface area contributed by atoms with Gasteiger partial charge in [0.2, 0.25) is 11.8 Å². The van der Waals surface area contributed by atoms with Crippen LogP contribution in [0.4, 0.5) is 5.69 Å². The van der Waals surface area contributed by atoms with Crippen LogP contribution in [0.5, 0.6) is 5.75 Å². The molecule has 2 aromatic rings. The van der Waals surface area contributed by atoms with Crippen LogP contribution < -0.4 is 4.90 Å². The Labute approximate surface area is 250 Å². The molecule has 0 aromatic heterocycles. The summed E-state index contributed by atoms with van der Waals surface area (Å²) in [4.78, 5) is 53.3. The highest BCUT2D eigenvalue weighted by atomic mass is 127. The van der Waals surface area contributed by atoms with Crippen molar-refractivity contribution in [2.45, 2.75) is 28.5 Å². The first-order chi connectivity index (χ1) is 18.0. The van der Waals surface area contributed by atoms with Crippen LogP contribution in [0.1, 0.15) is 24.3 Å². The van der Waals surface area contributed by atoms with E-state index in [0.29, 0.717) is 23.2 Å². The van der Waals surface area contributed by atoms with Gasteiger partial charge in [-0.3, -0.25) is 29.0 Å². The molecule has 1 N–H and O–H groups in total. The Balaban J connectivity index is 1.51. The van der Waals surface area contributed by atoms with E-state index in [2.05, 4.69) is 38.5 Å². The lowest BCUT2D eigenvalue weighted by Gasteiger charge is -2.50. The van der Waals surface area contributed by atoms with Crippen molar-refractivity contribution >= 4 is 91.0 Å². The van der Waals surface area contributed by atoms with Gasteiger partial charge in [-0.2, -0.15) is 0 Å². The number of carbonyl (C=O) groups excluding carboxylic acids is 4. The van der Waals surface area contributed by atoms with Crippen molar-refractivity contribution in [2.24, 2.45) is 17.8 Å². The zero-order chi connectivity index (χ0) is 27.1. The Morgan fingerprint density at radius 3 is 2.24 bits per heavy atom. The number of benzene rings is 2. The summed E-state index contributed by atoms with van der Waals surface area (Å²) < 4.78 is 0.971. The molecule has 0 radical (unpaired) electrons. The normalized spacial score (nSPS) is 34.3. The molecule has 0 spiro atoms. The summed E-state index contributed by atoms with van der Waals surface area (Å²) in [6.07, 6.45) is 2.12. The highest BCUT2D eigenvalue weighted by molar-refractivity contribution is 14.1. The number of phenolic OH excluding ortho intramolecular Hbond substituents is 1. The number of hydrogen-bond donors (Lipinski definition) is 1. The van der Waals surface area contributed by atoms with Gasteiger partial charge in [-0.15, -0.1) is 23.2 Å². The summed E-state index contributed by atoms with van der Waals surface area (Å²) >= 11 is 19.7. The lowest BCUT2D eigenvalue weighted by atomic mass is 9.56. The molecule has 2 heterocycles. The van der Waals surface area contributed by atoms with Gasteiger partial charge in [-0.1, -0.05) is 39.7 Å². The number of anilines is 1. The first kappa shape index (κ1) is 26.3. The van der Waals surface area contributed by atoms with Crippen molar-refractivity contribution in [3.8, 4) is 5.75 Å². The van der Waals surface area contributed by atoms with Gasteiger partial charge in [0.25, 0.3) is 11.8 Å². The number of phenols is 1. The van der Waals surface area contributed by atoms with E-state index < -0.39 is 45.2 Å². The van der Waals surface area contributed by atoms with E-state index in [0.717, 1.165) is 8.47 Å². The number of fused-ring (bicyclic) bond motifs is 4. The minimum Gasteiger partial charge on any atom is -0.508 e. The van der Waals surface area contributed by atoms with Gasteiger partial charge in [0, 0.05) is 9.49 Å². The molecule has 7 nitrogen and oxygen atoms in total. The Morgan fingerprint density at radius 1 is 0.947 bits per heavy atom. The minimum atomic E-state index is -1.85. The molecule has 6 atom stereocenters. The summed E-state index contributed by atoms with van der Waals surface area (Å²) in [5, 5.41) is 9.91. The Kier molecular flexibility index (Phi) is 6.25. The number of halogens is 4. The molecule has 3 fully saturated rings. The van der Waals surface area contributed by atoms with Crippen LogP contribution in [-0.4, -0.2) is 48.8 Å². The van der Waals surface area contributed by atoms with Gasteiger partial charge < -0.3 is 5.11 Å². The topological polar surface area (TPSA) is 95.0 Å². The fourth-order valence-corrected chi connectivity index (χ4v) is 8.42. The van der Waals surface area contributed by atoms with Gasteiger partial charge in [0.05, 0.1) is 23.0 Å².